The fourth-order valence-corrected chi connectivity index (χ4v) is 4.48. The van der Waals surface area contributed by atoms with Crippen LogP contribution in [0.3, 0.4) is 0 Å². The van der Waals surface area contributed by atoms with Crippen LogP contribution >= 0.6 is 0 Å². The molecule has 0 saturated carbocycles. The molecule has 4 nitrogen and oxygen atoms in total. The van der Waals surface area contributed by atoms with Gasteiger partial charge in [-0.25, -0.2) is 8.42 Å². The first kappa shape index (κ1) is 12.3. The minimum Gasteiger partial charge on any atom is -0.326 e. The predicted octanol–water partition coefficient (Wildman–Crippen LogP) is 0.233. The molecule has 2 aliphatic heterocycles. The van der Waals surface area contributed by atoms with Crippen LogP contribution in [0, 0.1) is 5.92 Å². The average molecular weight is 246 g/mol. The average Bonchev–Trinajstić information content (AvgIpc) is 2.20. The van der Waals surface area contributed by atoms with Crippen molar-refractivity contribution in [3.05, 3.63) is 0 Å². The molecule has 2 N–H and O–H groups in total. The smallest absolute Gasteiger partial charge is 0.151 e. The van der Waals surface area contributed by atoms with Gasteiger partial charge in [0.25, 0.3) is 0 Å². The van der Waals surface area contributed by atoms with Crippen LogP contribution in [0.1, 0.15) is 26.2 Å². The third-order valence-corrected chi connectivity index (χ3v) is 5.81. The first-order chi connectivity index (χ1) is 7.48. The Morgan fingerprint density at radius 3 is 2.69 bits per heavy atom. The molecule has 0 aromatic heterocycles. The summed E-state index contributed by atoms with van der Waals surface area (Å²) in [5.74, 6) is 1.28. The number of hydrogen-bond donors (Lipinski definition) is 1. The van der Waals surface area contributed by atoms with Crippen LogP contribution in [0.2, 0.25) is 0 Å². The molecule has 0 radical (unpaired) electrons. The molecule has 94 valence electrons. The lowest BCUT2D eigenvalue weighted by molar-refractivity contribution is 0.122. The summed E-state index contributed by atoms with van der Waals surface area (Å²) in [7, 11) is -2.79. The highest BCUT2D eigenvalue weighted by Gasteiger charge is 2.33. The Morgan fingerprint density at radius 1 is 1.31 bits per heavy atom. The van der Waals surface area contributed by atoms with Crippen LogP contribution < -0.4 is 5.73 Å². The van der Waals surface area contributed by atoms with Crippen molar-refractivity contribution in [3.63, 3.8) is 0 Å². The third kappa shape index (κ3) is 2.76. The Bertz CT molecular complexity index is 342. The minimum atomic E-state index is -2.79. The van der Waals surface area contributed by atoms with E-state index in [1.54, 1.807) is 0 Å². The zero-order valence-corrected chi connectivity index (χ0v) is 10.7. The molecule has 2 fully saturated rings. The molecule has 16 heavy (non-hydrogen) atoms. The van der Waals surface area contributed by atoms with E-state index in [0.29, 0.717) is 17.4 Å². The molecule has 2 rings (SSSR count). The zero-order chi connectivity index (χ0) is 11.8. The molecule has 0 spiro atoms. The van der Waals surface area contributed by atoms with Crippen LogP contribution in [-0.2, 0) is 9.84 Å². The van der Waals surface area contributed by atoms with Gasteiger partial charge in [-0.3, -0.25) is 4.90 Å². The SMILES string of the molecule is CC1CCN(C2CCCS(=O)(=O)C2)CC1N. The van der Waals surface area contributed by atoms with E-state index in [1.807, 2.05) is 0 Å². The summed E-state index contributed by atoms with van der Waals surface area (Å²) in [4.78, 5) is 2.29. The van der Waals surface area contributed by atoms with E-state index in [4.69, 9.17) is 5.73 Å². The van der Waals surface area contributed by atoms with Gasteiger partial charge < -0.3 is 5.73 Å². The molecule has 3 atom stereocenters. The van der Waals surface area contributed by atoms with Crippen molar-refractivity contribution in [3.8, 4) is 0 Å². The summed E-state index contributed by atoms with van der Waals surface area (Å²) in [5.41, 5.74) is 6.05. The molecule has 5 heteroatoms. The Hall–Kier alpha value is -0.130. The standard InChI is InChI=1S/C11H22N2O2S/c1-9-4-5-13(7-11(9)12)10-3-2-6-16(14,15)8-10/h9-11H,2-8,12H2,1H3. The lowest BCUT2D eigenvalue weighted by atomic mass is 9.93. The van der Waals surface area contributed by atoms with Crippen molar-refractivity contribution in [1.82, 2.24) is 4.90 Å². The molecule has 2 heterocycles. The van der Waals surface area contributed by atoms with Crippen molar-refractivity contribution in [1.29, 1.82) is 0 Å². The molecular weight excluding hydrogens is 224 g/mol. The van der Waals surface area contributed by atoms with Gasteiger partial charge in [-0.15, -0.1) is 0 Å². The van der Waals surface area contributed by atoms with Gasteiger partial charge in [0, 0.05) is 18.6 Å². The highest BCUT2D eigenvalue weighted by molar-refractivity contribution is 7.91. The van der Waals surface area contributed by atoms with E-state index in [9.17, 15) is 8.42 Å². The molecule has 3 unspecified atom stereocenters. The second kappa shape index (κ2) is 4.63. The number of likely N-dealkylation sites (tertiary alicyclic amines) is 1. The Labute approximate surface area is 98.1 Å². The van der Waals surface area contributed by atoms with E-state index in [1.165, 1.54) is 0 Å². The van der Waals surface area contributed by atoms with Gasteiger partial charge in [-0.1, -0.05) is 6.92 Å². The summed E-state index contributed by atoms with van der Waals surface area (Å²) in [6, 6.07) is 0.427. The largest absolute Gasteiger partial charge is 0.326 e. The van der Waals surface area contributed by atoms with E-state index < -0.39 is 9.84 Å². The van der Waals surface area contributed by atoms with Crippen molar-refractivity contribution >= 4 is 9.84 Å². The van der Waals surface area contributed by atoms with E-state index in [-0.39, 0.29) is 12.1 Å². The van der Waals surface area contributed by atoms with Crippen LogP contribution in [0.25, 0.3) is 0 Å². The van der Waals surface area contributed by atoms with Crippen molar-refractivity contribution < 1.29 is 8.42 Å². The highest BCUT2D eigenvalue weighted by atomic mass is 32.2. The predicted molar refractivity (Wildman–Crippen MR) is 65.0 cm³/mol. The summed E-state index contributed by atoms with van der Waals surface area (Å²) in [6.45, 7) is 4.05. The quantitative estimate of drug-likeness (QED) is 0.719. The van der Waals surface area contributed by atoms with Gasteiger partial charge in [0.05, 0.1) is 11.5 Å². The summed E-state index contributed by atoms with van der Waals surface area (Å²) in [5, 5.41) is 0. The molecule has 0 amide bonds. The fraction of sp³-hybridized carbons (Fsp3) is 1.00. The number of sulfone groups is 1. The van der Waals surface area contributed by atoms with Crippen LogP contribution in [0.4, 0.5) is 0 Å². The minimum absolute atomic E-state index is 0.207. The normalized spacial score (nSPS) is 40.8. The lowest BCUT2D eigenvalue weighted by Crippen LogP contribution is -2.54. The maximum absolute atomic E-state index is 11.6. The lowest BCUT2D eigenvalue weighted by Gasteiger charge is -2.41. The summed E-state index contributed by atoms with van der Waals surface area (Å²) >= 11 is 0. The zero-order valence-electron chi connectivity index (χ0n) is 9.93. The molecule has 0 bridgehead atoms. The second-order valence-corrected chi connectivity index (χ2v) is 7.56. The molecule has 0 aliphatic carbocycles. The van der Waals surface area contributed by atoms with E-state index in [2.05, 4.69) is 11.8 Å². The molecular formula is C11H22N2O2S. The first-order valence-electron chi connectivity index (χ1n) is 6.18. The maximum Gasteiger partial charge on any atom is 0.151 e. The number of rotatable bonds is 1. The molecule has 2 saturated heterocycles. The van der Waals surface area contributed by atoms with Gasteiger partial charge in [0.1, 0.15) is 0 Å². The molecule has 2 aliphatic rings. The number of nitrogens with zero attached hydrogens (tertiary/aromatic N) is 1. The Balaban J connectivity index is 1.97. The Kier molecular flexibility index (Phi) is 3.56. The highest BCUT2D eigenvalue weighted by Crippen LogP contribution is 2.23. The monoisotopic (exact) mass is 246 g/mol. The third-order valence-electron chi connectivity index (χ3n) is 4.00. The summed E-state index contributed by atoms with van der Waals surface area (Å²) in [6.07, 6.45) is 2.92. The number of piperidine rings is 1. The van der Waals surface area contributed by atoms with Crippen molar-refractivity contribution in [2.75, 3.05) is 24.6 Å². The van der Waals surface area contributed by atoms with Gasteiger partial charge in [-0.05, 0) is 31.7 Å². The first-order valence-corrected chi connectivity index (χ1v) is 8.00. The van der Waals surface area contributed by atoms with Gasteiger partial charge >= 0.3 is 0 Å². The molecule has 0 aromatic carbocycles. The van der Waals surface area contributed by atoms with E-state index in [0.717, 1.165) is 32.4 Å². The maximum atomic E-state index is 11.6. The topological polar surface area (TPSA) is 63.4 Å². The molecule has 0 aromatic rings. The second-order valence-electron chi connectivity index (χ2n) is 5.34. The summed E-state index contributed by atoms with van der Waals surface area (Å²) < 4.78 is 23.2. The van der Waals surface area contributed by atoms with Gasteiger partial charge in [0.2, 0.25) is 0 Å². The Morgan fingerprint density at radius 2 is 2.06 bits per heavy atom. The van der Waals surface area contributed by atoms with Crippen LogP contribution in [0.15, 0.2) is 0 Å². The van der Waals surface area contributed by atoms with Crippen molar-refractivity contribution in [2.45, 2.75) is 38.3 Å². The van der Waals surface area contributed by atoms with Crippen LogP contribution in [0.5, 0.6) is 0 Å². The van der Waals surface area contributed by atoms with Crippen molar-refractivity contribution in [2.24, 2.45) is 11.7 Å². The van der Waals surface area contributed by atoms with Crippen LogP contribution in [-0.4, -0.2) is 50.0 Å². The fourth-order valence-electron chi connectivity index (χ4n) is 2.74. The van der Waals surface area contributed by atoms with Gasteiger partial charge in [-0.2, -0.15) is 0 Å². The number of hydrogen-bond acceptors (Lipinski definition) is 4. The van der Waals surface area contributed by atoms with Gasteiger partial charge in [0.15, 0.2) is 9.84 Å². The number of nitrogens with two attached hydrogens (primary N) is 1. The van der Waals surface area contributed by atoms with E-state index >= 15 is 0 Å².